The summed E-state index contributed by atoms with van der Waals surface area (Å²) in [5, 5.41) is 0.451. The van der Waals surface area contributed by atoms with Crippen LogP contribution in [0.1, 0.15) is 11.1 Å². The third-order valence-electron chi connectivity index (χ3n) is 3.64. The normalized spacial score (nSPS) is 11.3. The number of sulfone groups is 1. The van der Waals surface area contributed by atoms with E-state index in [0.717, 1.165) is 0 Å². The molecule has 1 heterocycles. The molecule has 120 valence electrons. The van der Waals surface area contributed by atoms with Crippen LogP contribution in [0.2, 0.25) is 0 Å². The van der Waals surface area contributed by atoms with Crippen molar-refractivity contribution in [3.8, 4) is 23.5 Å². The average molecular weight is 338 g/mol. The van der Waals surface area contributed by atoms with Gasteiger partial charge in [0, 0.05) is 11.8 Å². The van der Waals surface area contributed by atoms with Crippen LogP contribution in [-0.4, -0.2) is 14.7 Å². The van der Waals surface area contributed by atoms with Crippen LogP contribution in [0.15, 0.2) is 57.9 Å². The van der Waals surface area contributed by atoms with Crippen LogP contribution < -0.4 is 5.43 Å². The van der Waals surface area contributed by atoms with E-state index in [-0.39, 0.29) is 11.2 Å². The molecule has 0 saturated heterocycles. The lowest BCUT2D eigenvalue weighted by Crippen LogP contribution is -2.05. The number of rotatable bonds is 3. The summed E-state index contributed by atoms with van der Waals surface area (Å²) in [7, 11) is -3.09. The molecule has 3 aromatic rings. The predicted octanol–water partition coefficient (Wildman–Crippen LogP) is 2.99. The average Bonchev–Trinajstić information content (AvgIpc) is 2.54. The number of hydrogen-bond donors (Lipinski definition) is 0. The minimum Gasteiger partial charge on any atom is -0.463 e. The van der Waals surface area contributed by atoms with Crippen molar-refractivity contribution >= 4 is 20.8 Å². The molecule has 0 aliphatic rings. The van der Waals surface area contributed by atoms with Gasteiger partial charge in [-0.05, 0) is 29.3 Å². The highest BCUT2D eigenvalue weighted by molar-refractivity contribution is 7.89. The second-order valence-corrected chi connectivity index (χ2v) is 7.74. The molecule has 0 amide bonds. The highest BCUT2D eigenvalue weighted by Gasteiger charge is 2.10. The Balaban J connectivity index is 2.05. The van der Waals surface area contributed by atoms with Crippen molar-refractivity contribution < 1.29 is 12.8 Å². The fourth-order valence-corrected chi connectivity index (χ4v) is 3.30. The zero-order valence-electron chi connectivity index (χ0n) is 12.9. The van der Waals surface area contributed by atoms with Crippen molar-refractivity contribution in [1.82, 2.24) is 0 Å². The number of benzene rings is 2. The Bertz CT molecular complexity index is 1110. The summed E-state index contributed by atoms with van der Waals surface area (Å²) in [6, 6.07) is 11.8. The molecule has 2 aromatic carbocycles. The van der Waals surface area contributed by atoms with Gasteiger partial charge in [-0.2, -0.15) is 0 Å². The first-order chi connectivity index (χ1) is 11.4. The number of fused-ring (bicyclic) bond motifs is 1. The third-order valence-corrected chi connectivity index (χ3v) is 4.49. The van der Waals surface area contributed by atoms with Gasteiger partial charge < -0.3 is 4.42 Å². The zero-order chi connectivity index (χ0) is 17.3. The van der Waals surface area contributed by atoms with Crippen LogP contribution in [0, 0.1) is 12.3 Å². The summed E-state index contributed by atoms with van der Waals surface area (Å²) < 4.78 is 28.2. The van der Waals surface area contributed by atoms with E-state index in [4.69, 9.17) is 10.8 Å². The summed E-state index contributed by atoms with van der Waals surface area (Å²) in [4.78, 5) is 12.6. The van der Waals surface area contributed by atoms with E-state index >= 15 is 0 Å². The van der Waals surface area contributed by atoms with Crippen molar-refractivity contribution in [3.05, 3.63) is 70.1 Å². The lowest BCUT2D eigenvalue weighted by Gasteiger charge is -2.05. The van der Waals surface area contributed by atoms with Gasteiger partial charge in [-0.25, -0.2) is 8.42 Å². The Morgan fingerprint density at radius 1 is 1.12 bits per heavy atom. The van der Waals surface area contributed by atoms with Crippen molar-refractivity contribution in [2.45, 2.75) is 5.75 Å². The van der Waals surface area contributed by atoms with E-state index in [9.17, 15) is 13.2 Å². The largest absolute Gasteiger partial charge is 0.463 e. The van der Waals surface area contributed by atoms with Gasteiger partial charge in [0.1, 0.15) is 11.8 Å². The molecule has 1 aromatic heterocycles. The molecule has 0 atom stereocenters. The first-order valence-corrected chi connectivity index (χ1v) is 9.23. The van der Waals surface area contributed by atoms with Gasteiger partial charge in [0.15, 0.2) is 15.3 Å². The standard InChI is InChI=1S/C19H14O4S/c1-3-13-6-9-16-18(10-13)23-11-17(19(16)20)15-7-4-14(5-8-15)12-24(2,21)22/h1,4-11H,12H2,2H3. The lowest BCUT2D eigenvalue weighted by atomic mass is 10.0. The van der Waals surface area contributed by atoms with E-state index in [1.807, 2.05) is 0 Å². The van der Waals surface area contributed by atoms with Crippen LogP contribution in [0.5, 0.6) is 0 Å². The van der Waals surface area contributed by atoms with E-state index in [1.165, 1.54) is 12.5 Å². The van der Waals surface area contributed by atoms with Gasteiger partial charge in [-0.15, -0.1) is 6.42 Å². The second kappa shape index (κ2) is 5.99. The molecular weight excluding hydrogens is 324 g/mol. The van der Waals surface area contributed by atoms with Crippen molar-refractivity contribution in [2.24, 2.45) is 0 Å². The zero-order valence-corrected chi connectivity index (χ0v) is 13.8. The van der Waals surface area contributed by atoms with Crippen LogP contribution >= 0.6 is 0 Å². The Kier molecular flexibility index (Phi) is 4.00. The molecule has 0 bridgehead atoms. The second-order valence-electron chi connectivity index (χ2n) is 5.60. The van der Waals surface area contributed by atoms with E-state index in [2.05, 4.69) is 5.92 Å². The maximum Gasteiger partial charge on any atom is 0.200 e. The molecule has 0 radical (unpaired) electrons. The Morgan fingerprint density at radius 2 is 1.83 bits per heavy atom. The quantitative estimate of drug-likeness (QED) is 0.689. The first-order valence-electron chi connectivity index (χ1n) is 7.16. The Hall–Kier alpha value is -2.84. The maximum absolute atomic E-state index is 12.6. The van der Waals surface area contributed by atoms with Crippen molar-refractivity contribution in [3.63, 3.8) is 0 Å². The molecule has 5 heteroatoms. The molecule has 0 fully saturated rings. The topological polar surface area (TPSA) is 64.3 Å². The molecule has 0 spiro atoms. The number of hydrogen-bond acceptors (Lipinski definition) is 4. The van der Waals surface area contributed by atoms with Crippen LogP contribution in [0.25, 0.3) is 22.1 Å². The minimum absolute atomic E-state index is 0.0333. The summed E-state index contributed by atoms with van der Waals surface area (Å²) in [5.74, 6) is 2.47. The Morgan fingerprint density at radius 3 is 2.46 bits per heavy atom. The predicted molar refractivity (Wildman–Crippen MR) is 94.4 cm³/mol. The van der Waals surface area contributed by atoms with E-state index in [1.54, 1.807) is 42.5 Å². The van der Waals surface area contributed by atoms with Crippen molar-refractivity contribution in [2.75, 3.05) is 6.26 Å². The molecule has 24 heavy (non-hydrogen) atoms. The molecule has 0 aliphatic heterocycles. The fourth-order valence-electron chi connectivity index (χ4n) is 2.50. The molecule has 0 saturated carbocycles. The molecule has 4 nitrogen and oxygen atoms in total. The van der Waals surface area contributed by atoms with Gasteiger partial charge in [0.2, 0.25) is 0 Å². The van der Waals surface area contributed by atoms with Gasteiger partial charge in [0.05, 0.1) is 16.7 Å². The minimum atomic E-state index is -3.09. The Labute approximate surface area is 139 Å². The van der Waals surface area contributed by atoms with E-state index < -0.39 is 9.84 Å². The van der Waals surface area contributed by atoms with Gasteiger partial charge in [0.25, 0.3) is 0 Å². The molecule has 0 N–H and O–H groups in total. The smallest absolute Gasteiger partial charge is 0.200 e. The van der Waals surface area contributed by atoms with Crippen LogP contribution in [0.4, 0.5) is 0 Å². The first kappa shape index (κ1) is 16.0. The lowest BCUT2D eigenvalue weighted by molar-refractivity contribution is 0.601. The molecular formula is C19H14O4S. The summed E-state index contributed by atoms with van der Waals surface area (Å²) >= 11 is 0. The van der Waals surface area contributed by atoms with Gasteiger partial charge in [-0.3, -0.25) is 4.79 Å². The van der Waals surface area contributed by atoms with E-state index in [0.29, 0.717) is 33.2 Å². The molecule has 3 rings (SSSR count). The van der Waals surface area contributed by atoms with Gasteiger partial charge in [-0.1, -0.05) is 30.2 Å². The summed E-state index contributed by atoms with van der Waals surface area (Å²) in [6.07, 6.45) is 7.93. The van der Waals surface area contributed by atoms with Crippen molar-refractivity contribution in [1.29, 1.82) is 0 Å². The molecule has 0 aliphatic carbocycles. The fraction of sp³-hybridized carbons (Fsp3) is 0.105. The third kappa shape index (κ3) is 3.24. The maximum atomic E-state index is 12.6. The van der Waals surface area contributed by atoms with Gasteiger partial charge >= 0.3 is 0 Å². The molecule has 0 unspecified atom stereocenters. The number of terminal acetylenes is 1. The summed E-state index contributed by atoms with van der Waals surface area (Å²) in [5.41, 5.74) is 2.68. The highest BCUT2D eigenvalue weighted by Crippen LogP contribution is 2.21. The van der Waals surface area contributed by atoms with Crippen LogP contribution in [0.3, 0.4) is 0 Å². The van der Waals surface area contributed by atoms with Crippen LogP contribution in [-0.2, 0) is 15.6 Å². The monoisotopic (exact) mass is 338 g/mol. The highest BCUT2D eigenvalue weighted by atomic mass is 32.2. The SMILES string of the molecule is C#Cc1ccc2c(=O)c(-c3ccc(CS(C)(=O)=O)cc3)coc2c1. The summed E-state index contributed by atoms with van der Waals surface area (Å²) in [6.45, 7) is 0.